The number of amides is 1. The third-order valence-electron chi connectivity index (χ3n) is 5.53. The van der Waals surface area contributed by atoms with Crippen LogP contribution in [0.3, 0.4) is 0 Å². The van der Waals surface area contributed by atoms with Crippen molar-refractivity contribution >= 4 is 28.8 Å². The van der Waals surface area contributed by atoms with Gasteiger partial charge in [0, 0.05) is 37.1 Å². The highest BCUT2D eigenvalue weighted by atomic mass is 35.5. The molecule has 1 atom stereocenters. The van der Waals surface area contributed by atoms with Gasteiger partial charge in [-0.1, -0.05) is 29.8 Å². The number of anilines is 1. The van der Waals surface area contributed by atoms with E-state index in [1.54, 1.807) is 6.20 Å². The third kappa shape index (κ3) is 3.33. The number of fused-ring (bicyclic) bond motifs is 1. The Kier molecular flexibility index (Phi) is 4.43. The van der Waals surface area contributed by atoms with Gasteiger partial charge < -0.3 is 10.2 Å². The molecule has 3 heterocycles. The van der Waals surface area contributed by atoms with Crippen molar-refractivity contribution in [3.05, 3.63) is 47.7 Å². The predicted octanol–water partition coefficient (Wildman–Crippen LogP) is 3.54. The summed E-state index contributed by atoms with van der Waals surface area (Å²) in [5.74, 6) is 1.07. The maximum Gasteiger partial charge on any atom is 0.225 e. The second-order valence-electron chi connectivity index (χ2n) is 7.66. The summed E-state index contributed by atoms with van der Waals surface area (Å²) in [6, 6.07) is 10.1. The number of carbonyl (C=O) groups excluding carboxylic acids is 1. The first-order valence-corrected chi connectivity index (χ1v) is 10.2. The first-order valence-electron chi connectivity index (χ1n) is 9.83. The van der Waals surface area contributed by atoms with E-state index in [4.69, 9.17) is 11.6 Å². The average Bonchev–Trinajstić information content (AvgIpc) is 3.42. The van der Waals surface area contributed by atoms with Crippen molar-refractivity contribution in [2.75, 3.05) is 18.0 Å². The fourth-order valence-electron chi connectivity index (χ4n) is 3.88. The first kappa shape index (κ1) is 17.5. The van der Waals surface area contributed by atoms with Gasteiger partial charge in [-0.3, -0.25) is 4.79 Å². The van der Waals surface area contributed by atoms with Gasteiger partial charge in [0.15, 0.2) is 5.82 Å². The molecule has 144 valence electrons. The maximum atomic E-state index is 12.5. The Morgan fingerprint density at radius 1 is 1.21 bits per heavy atom. The van der Waals surface area contributed by atoms with Crippen molar-refractivity contribution in [2.45, 2.75) is 31.7 Å². The molecule has 6 nitrogen and oxygen atoms in total. The molecule has 1 N–H and O–H groups in total. The lowest BCUT2D eigenvalue weighted by Crippen LogP contribution is -2.44. The molecule has 0 radical (unpaired) electrons. The lowest BCUT2D eigenvalue weighted by Gasteiger charge is -2.33. The fraction of sp³-hybridized carbons (Fsp3) is 0.381. The third-order valence-corrected chi connectivity index (χ3v) is 5.86. The van der Waals surface area contributed by atoms with Crippen LogP contribution in [0.15, 0.2) is 42.7 Å². The molecule has 2 aromatic heterocycles. The van der Waals surface area contributed by atoms with Crippen molar-refractivity contribution in [1.82, 2.24) is 19.9 Å². The van der Waals surface area contributed by atoms with Gasteiger partial charge >= 0.3 is 0 Å². The van der Waals surface area contributed by atoms with Crippen LogP contribution in [0.4, 0.5) is 5.82 Å². The molecule has 2 fully saturated rings. The molecular formula is C21H22ClN5O. The minimum Gasteiger partial charge on any atom is -0.354 e. The van der Waals surface area contributed by atoms with Crippen LogP contribution >= 0.6 is 11.6 Å². The largest absolute Gasteiger partial charge is 0.354 e. The van der Waals surface area contributed by atoms with Crippen molar-refractivity contribution in [2.24, 2.45) is 5.92 Å². The Hall–Kier alpha value is -2.60. The van der Waals surface area contributed by atoms with E-state index in [0.29, 0.717) is 17.6 Å². The number of halogens is 1. The predicted molar refractivity (Wildman–Crippen MR) is 110 cm³/mol. The van der Waals surface area contributed by atoms with E-state index < -0.39 is 0 Å². The van der Waals surface area contributed by atoms with E-state index in [0.717, 1.165) is 54.8 Å². The number of benzene rings is 1. The van der Waals surface area contributed by atoms with Crippen LogP contribution in [0.2, 0.25) is 5.02 Å². The quantitative estimate of drug-likeness (QED) is 0.733. The van der Waals surface area contributed by atoms with Crippen molar-refractivity contribution in [3.8, 4) is 11.3 Å². The first-order chi connectivity index (χ1) is 13.7. The van der Waals surface area contributed by atoms with Crippen molar-refractivity contribution in [1.29, 1.82) is 0 Å². The zero-order valence-electron chi connectivity index (χ0n) is 15.5. The maximum absolute atomic E-state index is 12.5. The number of piperidine rings is 1. The molecule has 0 unspecified atom stereocenters. The number of carbonyl (C=O) groups is 1. The van der Waals surface area contributed by atoms with Gasteiger partial charge in [0.2, 0.25) is 5.91 Å². The Morgan fingerprint density at radius 2 is 2.07 bits per heavy atom. The van der Waals surface area contributed by atoms with Gasteiger partial charge in [-0.05, 0) is 37.8 Å². The van der Waals surface area contributed by atoms with Crippen LogP contribution in [-0.4, -0.2) is 39.6 Å². The summed E-state index contributed by atoms with van der Waals surface area (Å²) in [5, 5.41) is 8.51. The van der Waals surface area contributed by atoms with Gasteiger partial charge in [-0.2, -0.15) is 5.10 Å². The van der Waals surface area contributed by atoms with Crippen LogP contribution < -0.4 is 10.2 Å². The van der Waals surface area contributed by atoms with Crippen LogP contribution in [0.5, 0.6) is 0 Å². The summed E-state index contributed by atoms with van der Waals surface area (Å²) in [7, 11) is 0. The number of hydrogen-bond acceptors (Lipinski definition) is 4. The fourth-order valence-corrected chi connectivity index (χ4v) is 4.12. The number of nitrogens with one attached hydrogen (secondary N) is 1. The minimum atomic E-state index is 0.0161. The standard InChI is InChI=1S/C21H22ClN5O/c22-17-6-2-1-5-16(17)18-12-19-20(23-9-11-27(19)25-18)26-10-3-4-14(13-26)21(28)24-15-7-8-15/h1-2,5-6,9,11-12,14-15H,3-4,7-8,10,13H2,(H,24,28)/t14-/m1/s1. The van der Waals surface area contributed by atoms with E-state index in [-0.39, 0.29) is 11.8 Å². The zero-order chi connectivity index (χ0) is 19.1. The van der Waals surface area contributed by atoms with E-state index >= 15 is 0 Å². The minimum absolute atomic E-state index is 0.0161. The topological polar surface area (TPSA) is 62.5 Å². The Labute approximate surface area is 168 Å². The van der Waals surface area contributed by atoms with Gasteiger partial charge in [-0.15, -0.1) is 0 Å². The second kappa shape index (κ2) is 7.09. The molecule has 1 aromatic carbocycles. The molecule has 1 aliphatic carbocycles. The molecule has 28 heavy (non-hydrogen) atoms. The normalized spacial score (nSPS) is 19.8. The lowest BCUT2D eigenvalue weighted by molar-refractivity contribution is -0.125. The van der Waals surface area contributed by atoms with Gasteiger partial charge in [0.05, 0.1) is 16.6 Å². The molecule has 1 aliphatic heterocycles. The second-order valence-corrected chi connectivity index (χ2v) is 8.07. The highest BCUT2D eigenvalue weighted by molar-refractivity contribution is 6.33. The highest BCUT2D eigenvalue weighted by Crippen LogP contribution is 2.31. The Morgan fingerprint density at radius 3 is 2.89 bits per heavy atom. The zero-order valence-corrected chi connectivity index (χ0v) is 16.3. The summed E-state index contributed by atoms with van der Waals surface area (Å²) in [6.07, 6.45) is 7.76. The van der Waals surface area contributed by atoms with Crippen LogP contribution in [0, 0.1) is 5.92 Å². The smallest absolute Gasteiger partial charge is 0.225 e. The summed E-state index contributed by atoms with van der Waals surface area (Å²) < 4.78 is 1.84. The number of hydrogen-bond donors (Lipinski definition) is 1. The van der Waals surface area contributed by atoms with E-state index in [2.05, 4.69) is 20.3 Å². The summed E-state index contributed by atoms with van der Waals surface area (Å²) in [4.78, 5) is 19.4. The summed E-state index contributed by atoms with van der Waals surface area (Å²) in [5.41, 5.74) is 2.65. The molecule has 1 amide bonds. The Bertz CT molecular complexity index is 1030. The van der Waals surface area contributed by atoms with Crippen LogP contribution in [-0.2, 0) is 4.79 Å². The highest BCUT2D eigenvalue weighted by Gasteiger charge is 2.31. The van der Waals surface area contributed by atoms with Crippen LogP contribution in [0.1, 0.15) is 25.7 Å². The molecular weight excluding hydrogens is 374 g/mol. The van der Waals surface area contributed by atoms with Gasteiger partial charge in [0.1, 0.15) is 5.52 Å². The van der Waals surface area contributed by atoms with Crippen LogP contribution in [0.25, 0.3) is 16.8 Å². The van der Waals surface area contributed by atoms with Gasteiger partial charge in [-0.25, -0.2) is 9.50 Å². The summed E-state index contributed by atoms with van der Waals surface area (Å²) >= 11 is 6.36. The molecule has 0 bridgehead atoms. The Balaban J connectivity index is 1.45. The van der Waals surface area contributed by atoms with E-state index in [9.17, 15) is 4.79 Å². The lowest BCUT2D eigenvalue weighted by atomic mass is 9.97. The molecule has 7 heteroatoms. The van der Waals surface area contributed by atoms with Crippen molar-refractivity contribution in [3.63, 3.8) is 0 Å². The SMILES string of the molecule is O=C(NC1CC1)[C@@H]1CCCN(c2nccn3nc(-c4ccccc4Cl)cc23)C1. The number of rotatable bonds is 4. The molecule has 0 spiro atoms. The molecule has 3 aromatic rings. The average molecular weight is 396 g/mol. The summed E-state index contributed by atoms with van der Waals surface area (Å²) in [6.45, 7) is 1.59. The molecule has 1 saturated carbocycles. The number of aromatic nitrogens is 3. The van der Waals surface area contributed by atoms with E-state index in [1.165, 1.54) is 0 Å². The molecule has 1 saturated heterocycles. The molecule has 2 aliphatic rings. The number of nitrogens with zero attached hydrogens (tertiary/aromatic N) is 4. The van der Waals surface area contributed by atoms with Crippen molar-refractivity contribution < 1.29 is 4.79 Å². The monoisotopic (exact) mass is 395 g/mol. The molecule has 5 rings (SSSR count). The van der Waals surface area contributed by atoms with Gasteiger partial charge in [0.25, 0.3) is 0 Å². The van der Waals surface area contributed by atoms with E-state index in [1.807, 2.05) is 41.0 Å².